The molecule has 0 bridgehead atoms. The highest BCUT2D eigenvalue weighted by molar-refractivity contribution is 6.28. The second-order valence-corrected chi connectivity index (χ2v) is 4.72. The van der Waals surface area contributed by atoms with Crippen LogP contribution in [0.1, 0.15) is 19.3 Å². The minimum atomic E-state index is -4.11. The normalized spacial score (nSPS) is 11.8. The molecule has 1 aromatic carbocycles. The number of halogens is 4. The molecular weight excluding hydrogens is 291 g/mol. The van der Waals surface area contributed by atoms with E-state index >= 15 is 0 Å². The fourth-order valence-electron chi connectivity index (χ4n) is 1.88. The molecule has 20 heavy (non-hydrogen) atoms. The summed E-state index contributed by atoms with van der Waals surface area (Å²) in [6.07, 6.45) is -4.46. The monoisotopic (exact) mass is 303 g/mol. The molecule has 2 rings (SSSR count). The zero-order chi connectivity index (χ0) is 14.6. The van der Waals surface area contributed by atoms with E-state index in [0.29, 0.717) is 18.8 Å². The molecule has 0 atom stereocenters. The number of aromatic nitrogens is 3. The van der Waals surface area contributed by atoms with Crippen LogP contribution >= 0.6 is 11.6 Å². The molecule has 0 unspecified atom stereocenters. The van der Waals surface area contributed by atoms with E-state index in [2.05, 4.69) is 10.2 Å². The van der Waals surface area contributed by atoms with Crippen LogP contribution in [-0.2, 0) is 6.54 Å². The van der Waals surface area contributed by atoms with Crippen LogP contribution in [0.25, 0.3) is 11.4 Å². The Bertz CT molecular complexity index is 552. The van der Waals surface area contributed by atoms with E-state index in [1.165, 1.54) is 0 Å². The van der Waals surface area contributed by atoms with Crippen molar-refractivity contribution in [3.05, 3.63) is 35.6 Å². The van der Waals surface area contributed by atoms with E-state index < -0.39 is 12.6 Å². The van der Waals surface area contributed by atoms with Crippen molar-refractivity contribution in [3.63, 3.8) is 0 Å². The van der Waals surface area contributed by atoms with E-state index in [0.717, 1.165) is 5.56 Å². The SMILES string of the molecule is FC(F)(F)CCCCn1c(Cl)nnc1-c1ccccc1. The first-order valence-corrected chi connectivity index (χ1v) is 6.56. The van der Waals surface area contributed by atoms with Crippen LogP contribution < -0.4 is 0 Å². The van der Waals surface area contributed by atoms with Gasteiger partial charge in [-0.25, -0.2) is 0 Å². The molecule has 0 N–H and O–H groups in total. The molecule has 1 aromatic heterocycles. The molecule has 108 valence electrons. The highest BCUT2D eigenvalue weighted by Gasteiger charge is 2.26. The minimum absolute atomic E-state index is 0.0617. The third kappa shape index (κ3) is 3.96. The minimum Gasteiger partial charge on any atom is -0.298 e. The summed E-state index contributed by atoms with van der Waals surface area (Å²) in [6.45, 7) is 0.367. The maximum atomic E-state index is 12.1. The van der Waals surface area contributed by atoms with Gasteiger partial charge in [0.05, 0.1) is 0 Å². The summed E-state index contributed by atoms with van der Waals surface area (Å²) in [5, 5.41) is 7.94. The quantitative estimate of drug-likeness (QED) is 0.770. The molecular formula is C13H13ClF3N3. The van der Waals surface area contributed by atoms with Crippen LogP contribution in [0.15, 0.2) is 30.3 Å². The van der Waals surface area contributed by atoms with Crippen molar-refractivity contribution in [2.75, 3.05) is 0 Å². The molecule has 0 saturated carbocycles. The maximum absolute atomic E-state index is 12.1. The molecule has 0 spiro atoms. The van der Waals surface area contributed by atoms with Crippen molar-refractivity contribution in [1.29, 1.82) is 0 Å². The lowest BCUT2D eigenvalue weighted by Gasteiger charge is -2.09. The molecule has 0 radical (unpaired) electrons. The molecule has 3 nitrogen and oxygen atoms in total. The van der Waals surface area contributed by atoms with Crippen LogP contribution in [0.3, 0.4) is 0 Å². The zero-order valence-electron chi connectivity index (χ0n) is 10.6. The summed E-state index contributed by atoms with van der Waals surface area (Å²) in [6, 6.07) is 9.28. The number of nitrogens with zero attached hydrogens (tertiary/aromatic N) is 3. The number of alkyl halides is 3. The third-order valence-electron chi connectivity index (χ3n) is 2.83. The summed E-state index contributed by atoms with van der Waals surface area (Å²) in [5.74, 6) is 0.572. The number of rotatable bonds is 5. The van der Waals surface area contributed by atoms with Gasteiger partial charge >= 0.3 is 6.18 Å². The Morgan fingerprint density at radius 3 is 2.40 bits per heavy atom. The van der Waals surface area contributed by atoms with Crippen LogP contribution in [-0.4, -0.2) is 20.9 Å². The highest BCUT2D eigenvalue weighted by atomic mass is 35.5. The standard InChI is InChI=1S/C13H13ClF3N3/c14-12-19-18-11(10-6-2-1-3-7-10)20(12)9-5-4-8-13(15,16)17/h1-3,6-7H,4-5,8-9H2. The van der Waals surface area contributed by atoms with Crippen LogP contribution in [0.5, 0.6) is 0 Å². The molecule has 1 heterocycles. The molecule has 0 aliphatic heterocycles. The average Bonchev–Trinajstić information content (AvgIpc) is 2.76. The molecule has 2 aromatic rings. The summed E-state index contributed by atoms with van der Waals surface area (Å²) >= 11 is 5.93. The first kappa shape index (κ1) is 14.8. The first-order valence-electron chi connectivity index (χ1n) is 6.18. The Morgan fingerprint density at radius 2 is 1.75 bits per heavy atom. The van der Waals surface area contributed by atoms with Gasteiger partial charge in [-0.05, 0) is 24.4 Å². The maximum Gasteiger partial charge on any atom is 0.389 e. The Labute approximate surface area is 119 Å². The van der Waals surface area contributed by atoms with Gasteiger partial charge in [-0.1, -0.05) is 30.3 Å². The second kappa shape index (κ2) is 6.26. The van der Waals surface area contributed by atoms with Crippen molar-refractivity contribution < 1.29 is 13.2 Å². The average molecular weight is 304 g/mol. The van der Waals surface area contributed by atoms with Gasteiger partial charge in [0.1, 0.15) is 0 Å². The van der Waals surface area contributed by atoms with E-state index in [-0.39, 0.29) is 11.7 Å². The number of hydrogen-bond donors (Lipinski definition) is 0. The van der Waals surface area contributed by atoms with Crippen LogP contribution in [0.2, 0.25) is 5.28 Å². The fraction of sp³-hybridized carbons (Fsp3) is 0.385. The van der Waals surface area contributed by atoms with Gasteiger partial charge in [0.2, 0.25) is 5.28 Å². The van der Waals surface area contributed by atoms with Gasteiger partial charge in [-0.15, -0.1) is 10.2 Å². The van der Waals surface area contributed by atoms with Gasteiger partial charge in [-0.2, -0.15) is 13.2 Å². The van der Waals surface area contributed by atoms with Gasteiger partial charge < -0.3 is 0 Å². The number of benzene rings is 1. The summed E-state index contributed by atoms with van der Waals surface area (Å²) < 4.78 is 37.9. The Balaban J connectivity index is 2.03. The Hall–Kier alpha value is -1.56. The Kier molecular flexibility index (Phi) is 4.65. The summed E-state index contributed by atoms with van der Waals surface area (Å²) in [5.41, 5.74) is 0.836. The van der Waals surface area contributed by atoms with Crippen molar-refractivity contribution in [2.45, 2.75) is 32.0 Å². The van der Waals surface area contributed by atoms with E-state index in [1.54, 1.807) is 4.57 Å². The smallest absolute Gasteiger partial charge is 0.298 e. The third-order valence-corrected chi connectivity index (χ3v) is 3.11. The first-order chi connectivity index (χ1) is 9.47. The van der Waals surface area contributed by atoms with Crippen LogP contribution in [0.4, 0.5) is 13.2 Å². The van der Waals surface area contributed by atoms with Gasteiger partial charge in [0, 0.05) is 18.5 Å². The predicted octanol–water partition coefficient (Wildman–Crippen LogP) is 4.33. The lowest BCUT2D eigenvalue weighted by molar-refractivity contribution is -0.135. The lowest BCUT2D eigenvalue weighted by atomic mass is 10.2. The summed E-state index contributed by atoms with van der Waals surface area (Å²) in [7, 11) is 0. The van der Waals surface area contributed by atoms with E-state index in [1.807, 2.05) is 30.3 Å². The molecule has 0 aliphatic rings. The van der Waals surface area contributed by atoms with E-state index in [4.69, 9.17) is 11.6 Å². The molecule has 0 fully saturated rings. The van der Waals surface area contributed by atoms with Crippen molar-refractivity contribution in [2.24, 2.45) is 0 Å². The van der Waals surface area contributed by atoms with Crippen LogP contribution in [0, 0.1) is 0 Å². The van der Waals surface area contributed by atoms with Gasteiger partial charge in [-0.3, -0.25) is 4.57 Å². The second-order valence-electron chi connectivity index (χ2n) is 4.38. The van der Waals surface area contributed by atoms with Crippen molar-refractivity contribution >= 4 is 11.6 Å². The highest BCUT2D eigenvalue weighted by Crippen LogP contribution is 2.24. The largest absolute Gasteiger partial charge is 0.389 e. The molecule has 0 aliphatic carbocycles. The van der Waals surface area contributed by atoms with Gasteiger partial charge in [0.25, 0.3) is 0 Å². The fourth-order valence-corrected chi connectivity index (χ4v) is 2.08. The lowest BCUT2D eigenvalue weighted by Crippen LogP contribution is -2.08. The topological polar surface area (TPSA) is 30.7 Å². The number of hydrogen-bond acceptors (Lipinski definition) is 2. The van der Waals surface area contributed by atoms with E-state index in [9.17, 15) is 13.2 Å². The van der Waals surface area contributed by atoms with Crippen molar-refractivity contribution in [3.8, 4) is 11.4 Å². The molecule has 0 amide bonds. The summed E-state index contributed by atoms with van der Waals surface area (Å²) in [4.78, 5) is 0. The van der Waals surface area contributed by atoms with Crippen molar-refractivity contribution in [1.82, 2.24) is 14.8 Å². The predicted molar refractivity (Wildman–Crippen MR) is 70.4 cm³/mol. The van der Waals surface area contributed by atoms with Gasteiger partial charge in [0.15, 0.2) is 5.82 Å². The number of unbranched alkanes of at least 4 members (excludes halogenated alkanes) is 1. The molecule has 7 heteroatoms. The Morgan fingerprint density at radius 1 is 1.05 bits per heavy atom. The molecule has 0 saturated heterocycles. The zero-order valence-corrected chi connectivity index (χ0v) is 11.3.